The van der Waals surface area contributed by atoms with Crippen LogP contribution < -0.4 is 0 Å². The Balaban J connectivity index is 2.30. The Labute approximate surface area is 125 Å². The van der Waals surface area contributed by atoms with E-state index in [1.165, 1.54) is 4.31 Å². The van der Waals surface area contributed by atoms with E-state index in [2.05, 4.69) is 0 Å². The fraction of sp³-hybridized carbons (Fsp3) is 0.571. The highest BCUT2D eigenvalue weighted by molar-refractivity contribution is 7.89. The number of sulfonamides is 1. The van der Waals surface area contributed by atoms with Crippen LogP contribution in [0.2, 0.25) is 5.02 Å². The maximum atomic E-state index is 12.6. The molecule has 1 N–H and O–H groups in total. The number of hydrogen-bond donors (Lipinski definition) is 1. The molecular formula is C14H20ClNO3S. The molecule has 2 atom stereocenters. The molecule has 1 aliphatic heterocycles. The lowest BCUT2D eigenvalue weighted by Gasteiger charge is -2.33. The molecule has 1 fully saturated rings. The van der Waals surface area contributed by atoms with Crippen molar-refractivity contribution in [3.05, 3.63) is 28.8 Å². The highest BCUT2D eigenvalue weighted by Crippen LogP contribution is 2.29. The molecule has 2 rings (SSSR count). The number of hydrogen-bond acceptors (Lipinski definition) is 3. The molecule has 1 heterocycles. The standard InChI is InChI=1S/C14H20ClNO3S/c1-10-5-6-14(13(15)8-10)20(18,19)16-7-3-4-12(9-16)11(2)17/h5-6,8,11-12,17H,3-4,7,9H2,1-2H3. The molecule has 0 aromatic heterocycles. The normalized spacial score (nSPS) is 22.7. The average molecular weight is 318 g/mol. The predicted molar refractivity (Wildman–Crippen MR) is 79.4 cm³/mol. The smallest absolute Gasteiger partial charge is 0.244 e. The number of nitrogens with zero attached hydrogens (tertiary/aromatic N) is 1. The van der Waals surface area contributed by atoms with E-state index < -0.39 is 16.1 Å². The van der Waals surface area contributed by atoms with Gasteiger partial charge in [-0.3, -0.25) is 0 Å². The summed E-state index contributed by atoms with van der Waals surface area (Å²) in [5.41, 5.74) is 0.925. The van der Waals surface area contributed by atoms with Crippen molar-refractivity contribution in [3.63, 3.8) is 0 Å². The van der Waals surface area contributed by atoms with E-state index in [-0.39, 0.29) is 15.8 Å². The predicted octanol–water partition coefficient (Wildman–Crippen LogP) is 2.43. The van der Waals surface area contributed by atoms with Gasteiger partial charge in [0.25, 0.3) is 0 Å². The second-order valence-corrected chi connectivity index (χ2v) is 7.75. The first-order valence-corrected chi connectivity index (χ1v) is 8.58. The number of benzene rings is 1. The van der Waals surface area contributed by atoms with Crippen LogP contribution in [0.3, 0.4) is 0 Å². The molecule has 0 spiro atoms. The molecule has 6 heteroatoms. The van der Waals surface area contributed by atoms with Crippen molar-refractivity contribution >= 4 is 21.6 Å². The van der Waals surface area contributed by atoms with Crippen molar-refractivity contribution in [1.82, 2.24) is 4.31 Å². The molecule has 0 amide bonds. The summed E-state index contributed by atoms with van der Waals surface area (Å²) in [4.78, 5) is 0.149. The van der Waals surface area contributed by atoms with Gasteiger partial charge in [0.15, 0.2) is 0 Å². The molecule has 112 valence electrons. The van der Waals surface area contributed by atoms with Crippen molar-refractivity contribution in [1.29, 1.82) is 0 Å². The molecule has 20 heavy (non-hydrogen) atoms. The van der Waals surface area contributed by atoms with Gasteiger partial charge in [-0.1, -0.05) is 17.7 Å². The third-order valence-electron chi connectivity index (χ3n) is 3.81. The SMILES string of the molecule is Cc1ccc(S(=O)(=O)N2CCCC(C(C)O)C2)c(Cl)c1. The number of aryl methyl sites for hydroxylation is 1. The summed E-state index contributed by atoms with van der Waals surface area (Å²) in [7, 11) is -3.59. The van der Waals surface area contributed by atoms with Crippen LogP contribution >= 0.6 is 11.6 Å². The summed E-state index contributed by atoms with van der Waals surface area (Å²) < 4.78 is 26.7. The highest BCUT2D eigenvalue weighted by Gasteiger charge is 2.33. The maximum absolute atomic E-state index is 12.6. The lowest BCUT2D eigenvalue weighted by Crippen LogP contribution is -2.42. The second-order valence-electron chi connectivity index (χ2n) is 5.44. The van der Waals surface area contributed by atoms with Crippen molar-refractivity contribution in [2.75, 3.05) is 13.1 Å². The molecule has 4 nitrogen and oxygen atoms in total. The Morgan fingerprint density at radius 3 is 2.75 bits per heavy atom. The third-order valence-corrected chi connectivity index (χ3v) is 6.16. The van der Waals surface area contributed by atoms with Gasteiger partial charge in [-0.2, -0.15) is 4.31 Å². The Hall–Kier alpha value is -0.620. The average Bonchev–Trinajstić information content (AvgIpc) is 2.38. The molecule has 0 aliphatic carbocycles. The molecule has 0 saturated carbocycles. The lowest BCUT2D eigenvalue weighted by molar-refractivity contribution is 0.0885. The molecule has 1 saturated heterocycles. The fourth-order valence-corrected chi connectivity index (χ4v) is 4.65. The van der Waals surface area contributed by atoms with Gasteiger partial charge >= 0.3 is 0 Å². The van der Waals surface area contributed by atoms with Crippen LogP contribution in [-0.2, 0) is 10.0 Å². The Bertz CT molecular complexity index is 586. The molecular weight excluding hydrogens is 298 g/mol. The number of piperidine rings is 1. The Morgan fingerprint density at radius 1 is 1.45 bits per heavy atom. The summed E-state index contributed by atoms with van der Waals surface area (Å²) in [6, 6.07) is 4.96. The number of rotatable bonds is 3. The molecule has 0 bridgehead atoms. The van der Waals surface area contributed by atoms with Crippen LogP contribution in [0.1, 0.15) is 25.3 Å². The minimum absolute atomic E-state index is 0.0113. The van der Waals surface area contributed by atoms with Crippen molar-refractivity contribution in [2.45, 2.75) is 37.7 Å². The largest absolute Gasteiger partial charge is 0.393 e. The summed E-state index contributed by atoms with van der Waals surface area (Å²) in [6.07, 6.45) is 1.12. The summed E-state index contributed by atoms with van der Waals surface area (Å²) in [5, 5.41) is 9.93. The number of aliphatic hydroxyl groups is 1. The van der Waals surface area contributed by atoms with E-state index in [0.29, 0.717) is 13.1 Å². The Morgan fingerprint density at radius 2 is 2.15 bits per heavy atom. The molecule has 1 aromatic carbocycles. The second kappa shape index (κ2) is 6.02. The Kier molecular flexibility index (Phi) is 4.74. The minimum atomic E-state index is -3.59. The lowest BCUT2D eigenvalue weighted by atomic mass is 9.95. The van der Waals surface area contributed by atoms with E-state index in [9.17, 15) is 13.5 Å². The van der Waals surface area contributed by atoms with Crippen LogP contribution in [0.5, 0.6) is 0 Å². The summed E-state index contributed by atoms with van der Waals surface area (Å²) in [5.74, 6) is -0.0113. The van der Waals surface area contributed by atoms with Gasteiger partial charge in [-0.15, -0.1) is 0 Å². The van der Waals surface area contributed by atoms with E-state index in [4.69, 9.17) is 11.6 Å². The molecule has 0 radical (unpaired) electrons. The van der Waals surface area contributed by atoms with Gasteiger partial charge in [0.05, 0.1) is 11.1 Å². The van der Waals surface area contributed by atoms with Crippen LogP contribution in [0.25, 0.3) is 0 Å². The quantitative estimate of drug-likeness (QED) is 0.931. The summed E-state index contributed by atoms with van der Waals surface area (Å²) >= 11 is 6.08. The van der Waals surface area contributed by atoms with Crippen molar-refractivity contribution < 1.29 is 13.5 Å². The zero-order valence-electron chi connectivity index (χ0n) is 11.7. The first-order valence-electron chi connectivity index (χ1n) is 6.76. The van der Waals surface area contributed by atoms with Gasteiger partial charge in [0.1, 0.15) is 4.90 Å². The fourth-order valence-electron chi connectivity index (χ4n) is 2.54. The van der Waals surface area contributed by atoms with E-state index in [0.717, 1.165) is 18.4 Å². The van der Waals surface area contributed by atoms with Crippen LogP contribution in [0.15, 0.2) is 23.1 Å². The van der Waals surface area contributed by atoms with Gasteiger partial charge in [0, 0.05) is 13.1 Å². The molecule has 2 unspecified atom stereocenters. The first-order chi connectivity index (χ1) is 9.32. The zero-order valence-corrected chi connectivity index (χ0v) is 13.3. The highest BCUT2D eigenvalue weighted by atomic mass is 35.5. The topological polar surface area (TPSA) is 57.6 Å². The molecule has 1 aliphatic rings. The van der Waals surface area contributed by atoms with Crippen molar-refractivity contribution in [2.24, 2.45) is 5.92 Å². The van der Waals surface area contributed by atoms with Crippen LogP contribution in [0, 0.1) is 12.8 Å². The van der Waals surface area contributed by atoms with Gasteiger partial charge in [0.2, 0.25) is 10.0 Å². The van der Waals surface area contributed by atoms with Crippen LogP contribution in [0.4, 0.5) is 0 Å². The van der Waals surface area contributed by atoms with Crippen LogP contribution in [-0.4, -0.2) is 37.0 Å². The van der Waals surface area contributed by atoms with Crippen molar-refractivity contribution in [3.8, 4) is 0 Å². The maximum Gasteiger partial charge on any atom is 0.244 e. The first kappa shape index (κ1) is 15.8. The molecule has 1 aromatic rings. The number of halogens is 1. The summed E-state index contributed by atoms with van der Waals surface area (Å²) in [6.45, 7) is 4.41. The van der Waals surface area contributed by atoms with E-state index >= 15 is 0 Å². The minimum Gasteiger partial charge on any atom is -0.393 e. The third kappa shape index (κ3) is 3.17. The zero-order chi connectivity index (χ0) is 14.9. The number of aliphatic hydroxyl groups excluding tert-OH is 1. The van der Waals surface area contributed by atoms with Gasteiger partial charge in [-0.05, 0) is 50.3 Å². The van der Waals surface area contributed by atoms with E-state index in [1.807, 2.05) is 6.92 Å². The monoisotopic (exact) mass is 317 g/mol. The van der Waals surface area contributed by atoms with Gasteiger partial charge < -0.3 is 5.11 Å². The van der Waals surface area contributed by atoms with E-state index in [1.54, 1.807) is 25.1 Å². The van der Waals surface area contributed by atoms with Gasteiger partial charge in [-0.25, -0.2) is 8.42 Å².